The molecule has 1 heterocycles. The lowest BCUT2D eigenvalue weighted by molar-refractivity contribution is -0.119. The molecule has 0 aliphatic heterocycles. The standard InChI is InChI=1S/C10H17N5O/c1-5(2)8(9(11)16)14-7-4-6(3)13-10(12)15-7/h4-5,8H,1-3H3,(H2,11,16)(H3,12,13,14,15). The summed E-state index contributed by atoms with van der Waals surface area (Å²) in [6.07, 6.45) is 0. The van der Waals surface area contributed by atoms with Crippen LogP contribution in [0.15, 0.2) is 6.07 Å². The number of nitrogen functional groups attached to an aromatic ring is 1. The van der Waals surface area contributed by atoms with Gasteiger partial charge in [0.25, 0.3) is 0 Å². The number of carbonyl (C=O) groups excluding carboxylic acids is 1. The Bertz CT molecular complexity index is 371. The number of aryl methyl sites for hydroxylation is 1. The minimum atomic E-state index is -0.464. The summed E-state index contributed by atoms with van der Waals surface area (Å²) in [6, 6.07) is 1.25. The summed E-state index contributed by atoms with van der Waals surface area (Å²) in [5.41, 5.74) is 11.5. The van der Waals surface area contributed by atoms with Crippen LogP contribution in [0.3, 0.4) is 0 Å². The van der Waals surface area contributed by atoms with Crippen LogP contribution in [0.1, 0.15) is 19.5 Å². The van der Waals surface area contributed by atoms with E-state index in [0.29, 0.717) is 5.82 Å². The van der Waals surface area contributed by atoms with E-state index in [1.165, 1.54) is 0 Å². The largest absolute Gasteiger partial charge is 0.368 e. The number of rotatable bonds is 4. The molecule has 16 heavy (non-hydrogen) atoms. The minimum absolute atomic E-state index is 0.0778. The van der Waals surface area contributed by atoms with Crippen molar-refractivity contribution in [3.8, 4) is 0 Å². The number of hydrogen-bond donors (Lipinski definition) is 3. The van der Waals surface area contributed by atoms with Gasteiger partial charge in [0.2, 0.25) is 11.9 Å². The average Bonchev–Trinajstić information content (AvgIpc) is 2.11. The van der Waals surface area contributed by atoms with Gasteiger partial charge in [-0.2, -0.15) is 4.98 Å². The molecule has 0 saturated heterocycles. The third kappa shape index (κ3) is 3.08. The minimum Gasteiger partial charge on any atom is -0.368 e. The molecule has 0 fully saturated rings. The second-order valence-electron chi connectivity index (χ2n) is 4.02. The fraction of sp³-hybridized carbons (Fsp3) is 0.500. The van der Waals surface area contributed by atoms with E-state index in [9.17, 15) is 4.79 Å². The van der Waals surface area contributed by atoms with Crippen molar-refractivity contribution in [1.82, 2.24) is 9.97 Å². The molecule has 1 aromatic heterocycles. The summed E-state index contributed by atoms with van der Waals surface area (Å²) < 4.78 is 0. The number of hydrogen-bond acceptors (Lipinski definition) is 5. The smallest absolute Gasteiger partial charge is 0.240 e. The van der Waals surface area contributed by atoms with Gasteiger partial charge in [-0.15, -0.1) is 0 Å². The summed E-state index contributed by atoms with van der Waals surface area (Å²) >= 11 is 0. The zero-order chi connectivity index (χ0) is 12.3. The monoisotopic (exact) mass is 223 g/mol. The van der Waals surface area contributed by atoms with E-state index in [1.54, 1.807) is 13.0 Å². The van der Waals surface area contributed by atoms with Crippen LogP contribution in [0, 0.1) is 12.8 Å². The molecule has 0 radical (unpaired) electrons. The molecule has 1 rings (SSSR count). The Morgan fingerprint density at radius 2 is 2.06 bits per heavy atom. The van der Waals surface area contributed by atoms with E-state index >= 15 is 0 Å². The van der Waals surface area contributed by atoms with Crippen LogP contribution in [-0.2, 0) is 4.79 Å². The molecule has 88 valence electrons. The molecule has 0 bridgehead atoms. The quantitative estimate of drug-likeness (QED) is 0.680. The second-order valence-corrected chi connectivity index (χ2v) is 4.02. The molecule has 1 atom stereocenters. The van der Waals surface area contributed by atoms with Gasteiger partial charge in [-0.05, 0) is 12.8 Å². The highest BCUT2D eigenvalue weighted by atomic mass is 16.1. The highest BCUT2D eigenvalue weighted by Gasteiger charge is 2.19. The predicted octanol–water partition coefficient (Wildman–Crippen LogP) is 0.289. The van der Waals surface area contributed by atoms with Crippen molar-refractivity contribution in [2.45, 2.75) is 26.8 Å². The zero-order valence-corrected chi connectivity index (χ0v) is 9.69. The molecule has 0 aliphatic carbocycles. The van der Waals surface area contributed by atoms with Gasteiger partial charge in [0, 0.05) is 11.8 Å². The summed E-state index contributed by atoms with van der Waals surface area (Å²) in [5.74, 6) is 0.357. The van der Waals surface area contributed by atoms with Crippen molar-refractivity contribution in [2.24, 2.45) is 11.7 Å². The molecule has 1 unspecified atom stereocenters. The van der Waals surface area contributed by atoms with E-state index in [4.69, 9.17) is 11.5 Å². The molecule has 6 heteroatoms. The van der Waals surface area contributed by atoms with E-state index in [-0.39, 0.29) is 11.9 Å². The van der Waals surface area contributed by atoms with Crippen molar-refractivity contribution in [3.63, 3.8) is 0 Å². The number of nitrogens with one attached hydrogen (secondary N) is 1. The number of carbonyl (C=O) groups is 1. The van der Waals surface area contributed by atoms with Crippen LogP contribution >= 0.6 is 0 Å². The Balaban J connectivity index is 2.89. The summed E-state index contributed by atoms with van der Waals surface area (Å²) in [5, 5.41) is 2.95. The van der Waals surface area contributed by atoms with Crippen LogP contribution < -0.4 is 16.8 Å². The van der Waals surface area contributed by atoms with Gasteiger partial charge >= 0.3 is 0 Å². The number of amides is 1. The molecule has 1 amide bonds. The maximum absolute atomic E-state index is 11.2. The van der Waals surface area contributed by atoms with E-state index < -0.39 is 11.9 Å². The van der Waals surface area contributed by atoms with E-state index in [2.05, 4.69) is 15.3 Å². The third-order valence-electron chi connectivity index (χ3n) is 2.15. The Hall–Kier alpha value is -1.85. The topological polar surface area (TPSA) is 107 Å². The number of primary amides is 1. The third-order valence-corrected chi connectivity index (χ3v) is 2.15. The number of nitrogens with zero attached hydrogens (tertiary/aromatic N) is 2. The maximum Gasteiger partial charge on any atom is 0.240 e. The molecule has 0 spiro atoms. The van der Waals surface area contributed by atoms with Crippen molar-refractivity contribution >= 4 is 17.7 Å². The first-order valence-corrected chi connectivity index (χ1v) is 5.07. The van der Waals surface area contributed by atoms with Crippen LogP contribution in [0.25, 0.3) is 0 Å². The molecule has 6 nitrogen and oxygen atoms in total. The first-order valence-electron chi connectivity index (χ1n) is 5.07. The van der Waals surface area contributed by atoms with Crippen molar-refractivity contribution in [2.75, 3.05) is 11.1 Å². The van der Waals surface area contributed by atoms with Crippen LogP contribution in [0.4, 0.5) is 11.8 Å². The lowest BCUT2D eigenvalue weighted by Gasteiger charge is -2.19. The number of nitrogens with two attached hydrogens (primary N) is 2. The van der Waals surface area contributed by atoms with E-state index in [1.807, 2.05) is 13.8 Å². The van der Waals surface area contributed by atoms with Crippen molar-refractivity contribution in [1.29, 1.82) is 0 Å². The van der Waals surface area contributed by atoms with Gasteiger partial charge in [0.05, 0.1) is 0 Å². The molecular formula is C10H17N5O. The fourth-order valence-electron chi connectivity index (χ4n) is 1.39. The highest BCUT2D eigenvalue weighted by Crippen LogP contribution is 2.12. The Kier molecular flexibility index (Phi) is 3.65. The Labute approximate surface area is 94.5 Å². The summed E-state index contributed by atoms with van der Waals surface area (Å²) in [4.78, 5) is 19.1. The van der Waals surface area contributed by atoms with Gasteiger partial charge in [-0.1, -0.05) is 13.8 Å². The van der Waals surface area contributed by atoms with Gasteiger partial charge in [-0.3, -0.25) is 4.79 Å². The van der Waals surface area contributed by atoms with Crippen LogP contribution in [-0.4, -0.2) is 21.9 Å². The lowest BCUT2D eigenvalue weighted by atomic mass is 10.0. The predicted molar refractivity (Wildman–Crippen MR) is 62.6 cm³/mol. The second kappa shape index (κ2) is 4.78. The van der Waals surface area contributed by atoms with Gasteiger partial charge in [0.15, 0.2) is 0 Å². The van der Waals surface area contributed by atoms with Gasteiger partial charge < -0.3 is 16.8 Å². The summed E-state index contributed by atoms with van der Waals surface area (Å²) in [7, 11) is 0. The molecule has 0 aromatic carbocycles. The highest BCUT2D eigenvalue weighted by molar-refractivity contribution is 5.82. The average molecular weight is 223 g/mol. The number of anilines is 2. The van der Waals surface area contributed by atoms with Crippen molar-refractivity contribution < 1.29 is 4.79 Å². The zero-order valence-electron chi connectivity index (χ0n) is 9.69. The van der Waals surface area contributed by atoms with Crippen LogP contribution in [0.2, 0.25) is 0 Å². The van der Waals surface area contributed by atoms with Crippen molar-refractivity contribution in [3.05, 3.63) is 11.8 Å². The first-order chi connectivity index (χ1) is 7.40. The normalized spacial score (nSPS) is 12.5. The Morgan fingerprint density at radius 3 is 2.50 bits per heavy atom. The SMILES string of the molecule is Cc1cc(NC(C(N)=O)C(C)C)nc(N)n1. The van der Waals surface area contributed by atoms with Crippen LogP contribution in [0.5, 0.6) is 0 Å². The van der Waals surface area contributed by atoms with Gasteiger partial charge in [0.1, 0.15) is 11.9 Å². The maximum atomic E-state index is 11.2. The molecule has 5 N–H and O–H groups in total. The molecular weight excluding hydrogens is 206 g/mol. The summed E-state index contributed by atoms with van der Waals surface area (Å²) in [6.45, 7) is 5.61. The Morgan fingerprint density at radius 1 is 1.44 bits per heavy atom. The molecule has 0 saturated carbocycles. The molecule has 1 aromatic rings. The lowest BCUT2D eigenvalue weighted by Crippen LogP contribution is -2.39. The fourth-order valence-corrected chi connectivity index (χ4v) is 1.39. The number of aromatic nitrogens is 2. The first kappa shape index (κ1) is 12.2. The molecule has 0 aliphatic rings. The van der Waals surface area contributed by atoms with E-state index in [0.717, 1.165) is 5.69 Å². The van der Waals surface area contributed by atoms with Gasteiger partial charge in [-0.25, -0.2) is 4.98 Å².